The average Bonchev–Trinajstić information content (AvgIpc) is 3.22. The molecule has 0 aromatic rings. The van der Waals surface area contributed by atoms with E-state index in [1.165, 1.54) is 6.20 Å². The van der Waals surface area contributed by atoms with Crippen LogP contribution in [0.2, 0.25) is 0 Å². The van der Waals surface area contributed by atoms with Crippen molar-refractivity contribution in [3.63, 3.8) is 0 Å². The van der Waals surface area contributed by atoms with Gasteiger partial charge in [-0.3, -0.25) is 14.4 Å². The Morgan fingerprint density at radius 2 is 2.10 bits per heavy atom. The lowest BCUT2D eigenvalue weighted by Crippen LogP contribution is -2.57. The third-order valence-corrected chi connectivity index (χ3v) is 6.01. The summed E-state index contributed by atoms with van der Waals surface area (Å²) in [5.41, 5.74) is 1.13. The molecule has 4 rings (SSSR count). The molecule has 0 bridgehead atoms. The highest BCUT2D eigenvalue weighted by atomic mass is 16.5. The number of nitrogens with one attached hydrogen (secondary N) is 1. The van der Waals surface area contributed by atoms with Crippen molar-refractivity contribution in [2.24, 2.45) is 10.9 Å². The van der Waals surface area contributed by atoms with E-state index in [0.29, 0.717) is 31.0 Å². The van der Waals surface area contributed by atoms with E-state index < -0.39 is 17.6 Å². The quantitative estimate of drug-likeness (QED) is 0.697. The topological polar surface area (TPSA) is 91.3 Å². The van der Waals surface area contributed by atoms with Crippen LogP contribution in [0.5, 0.6) is 0 Å². The molecular weight excluding hydrogens is 384 g/mol. The lowest BCUT2D eigenvalue weighted by molar-refractivity contribution is -0.148. The van der Waals surface area contributed by atoms with Crippen LogP contribution in [0.3, 0.4) is 0 Å². The van der Waals surface area contributed by atoms with Crippen LogP contribution >= 0.6 is 0 Å². The second-order valence-electron chi connectivity index (χ2n) is 7.87. The molecule has 8 nitrogen and oxygen atoms in total. The van der Waals surface area contributed by atoms with E-state index in [9.17, 15) is 14.4 Å². The normalized spacial score (nSPS) is 27.7. The molecule has 0 saturated carbocycles. The number of ketones is 1. The van der Waals surface area contributed by atoms with Crippen LogP contribution in [0.25, 0.3) is 0 Å². The molecule has 1 fully saturated rings. The van der Waals surface area contributed by atoms with Crippen LogP contribution < -0.4 is 5.32 Å². The minimum atomic E-state index is -0.565. The number of nitrogens with zero attached hydrogens (tertiary/aromatic N) is 3. The molecule has 0 aromatic heterocycles. The molecule has 30 heavy (non-hydrogen) atoms. The zero-order chi connectivity index (χ0) is 21.3. The highest BCUT2D eigenvalue weighted by Crippen LogP contribution is 2.29. The zero-order valence-electron chi connectivity index (χ0n) is 17.2. The number of carbonyl (C=O) groups excluding carboxylic acids is 3. The van der Waals surface area contributed by atoms with Crippen LogP contribution in [0.15, 0.2) is 52.8 Å². The molecule has 0 radical (unpaired) electrons. The van der Waals surface area contributed by atoms with Crippen molar-refractivity contribution in [3.05, 3.63) is 47.9 Å². The van der Waals surface area contributed by atoms with Crippen LogP contribution in [0, 0.1) is 5.92 Å². The minimum Gasteiger partial charge on any atom is -0.376 e. The minimum absolute atomic E-state index is 0.0178. The number of methoxy groups -OCH3 is 1. The van der Waals surface area contributed by atoms with E-state index >= 15 is 0 Å². The lowest BCUT2D eigenvalue weighted by Gasteiger charge is -2.40. The standard InChI is InChI=1S/C22H26N4O4/c1-14-13-25(21(28)15-6-4-3-5-7-15)10-11-26(14)22(29)19(27)16-12-24-20-18(16)17(30-2)8-9-23-20/h3-4,6,8-9,12,14,17-18H,5,7,10-11,13H2,1-2H3,(H,23,24)/t14-,17?,18?/m1/s1. The largest absolute Gasteiger partial charge is 0.376 e. The van der Waals surface area contributed by atoms with Gasteiger partial charge in [0.05, 0.1) is 12.0 Å². The number of amidine groups is 1. The first-order valence-corrected chi connectivity index (χ1v) is 10.2. The van der Waals surface area contributed by atoms with Gasteiger partial charge in [-0.25, -0.2) is 4.99 Å². The molecule has 3 heterocycles. The van der Waals surface area contributed by atoms with Gasteiger partial charge in [-0.2, -0.15) is 0 Å². The molecular formula is C22H26N4O4. The van der Waals surface area contributed by atoms with E-state index in [1.54, 1.807) is 23.1 Å². The smallest absolute Gasteiger partial charge is 0.295 e. The molecule has 3 aliphatic heterocycles. The molecule has 158 valence electrons. The SMILES string of the molecule is COC1C=CNC2=NC=C(C(=O)C(=O)N3CCN(C(=O)C4=CC=CCC4)C[C@H]3C)C21. The van der Waals surface area contributed by atoms with Crippen LogP contribution in [-0.4, -0.2) is 72.1 Å². The fourth-order valence-corrected chi connectivity index (χ4v) is 4.34. The Morgan fingerprint density at radius 3 is 2.80 bits per heavy atom. The molecule has 2 unspecified atom stereocenters. The number of rotatable bonds is 4. The Hall–Kier alpha value is -3.00. The number of aliphatic imine (C=N–C) groups is 1. The summed E-state index contributed by atoms with van der Waals surface area (Å²) in [7, 11) is 1.57. The Kier molecular flexibility index (Phi) is 5.67. The molecule has 1 saturated heterocycles. The van der Waals surface area contributed by atoms with Gasteiger partial charge in [-0.15, -0.1) is 0 Å². The number of amides is 2. The Morgan fingerprint density at radius 1 is 1.27 bits per heavy atom. The predicted octanol–water partition coefficient (Wildman–Crippen LogP) is 0.935. The summed E-state index contributed by atoms with van der Waals surface area (Å²) in [5.74, 6) is -0.893. The van der Waals surface area contributed by atoms with E-state index in [1.807, 2.05) is 31.2 Å². The molecule has 3 atom stereocenters. The summed E-state index contributed by atoms with van der Waals surface area (Å²) in [6, 6.07) is -0.246. The van der Waals surface area contributed by atoms with Crippen molar-refractivity contribution in [3.8, 4) is 0 Å². The van der Waals surface area contributed by atoms with E-state index in [4.69, 9.17) is 4.74 Å². The van der Waals surface area contributed by atoms with Gasteiger partial charge in [-0.1, -0.05) is 18.2 Å². The molecule has 1 N–H and O–H groups in total. The summed E-state index contributed by atoms with van der Waals surface area (Å²) in [5, 5.41) is 3.01. The van der Waals surface area contributed by atoms with Gasteiger partial charge < -0.3 is 19.9 Å². The molecule has 8 heteroatoms. The van der Waals surface area contributed by atoms with Gasteiger partial charge in [0, 0.05) is 56.3 Å². The maximum Gasteiger partial charge on any atom is 0.295 e. The van der Waals surface area contributed by atoms with Crippen molar-refractivity contribution in [1.29, 1.82) is 0 Å². The molecule has 0 aromatic carbocycles. The van der Waals surface area contributed by atoms with Crippen molar-refractivity contribution < 1.29 is 19.1 Å². The van der Waals surface area contributed by atoms with Gasteiger partial charge in [0.25, 0.3) is 5.91 Å². The van der Waals surface area contributed by atoms with Gasteiger partial charge >= 0.3 is 0 Å². The van der Waals surface area contributed by atoms with Gasteiger partial charge in [-0.05, 0) is 25.8 Å². The van der Waals surface area contributed by atoms with Crippen molar-refractivity contribution in [2.75, 3.05) is 26.7 Å². The molecule has 1 aliphatic carbocycles. The van der Waals surface area contributed by atoms with Gasteiger partial charge in [0.2, 0.25) is 11.7 Å². The van der Waals surface area contributed by atoms with E-state index in [0.717, 1.165) is 18.4 Å². The fourth-order valence-electron chi connectivity index (χ4n) is 4.34. The number of hydrogen-bond donors (Lipinski definition) is 1. The monoisotopic (exact) mass is 410 g/mol. The molecule has 0 spiro atoms. The van der Waals surface area contributed by atoms with Crippen molar-refractivity contribution >= 4 is 23.4 Å². The van der Waals surface area contributed by atoms with Gasteiger partial charge in [0.1, 0.15) is 5.84 Å². The van der Waals surface area contributed by atoms with Crippen molar-refractivity contribution in [1.82, 2.24) is 15.1 Å². The Bertz CT molecular complexity index is 914. The van der Waals surface area contributed by atoms with Crippen LogP contribution in [-0.2, 0) is 19.1 Å². The molecule has 4 aliphatic rings. The van der Waals surface area contributed by atoms with Crippen LogP contribution in [0.1, 0.15) is 19.8 Å². The second-order valence-corrected chi connectivity index (χ2v) is 7.87. The summed E-state index contributed by atoms with van der Waals surface area (Å²) in [6.07, 6.45) is 12.1. The average molecular weight is 410 g/mol. The zero-order valence-corrected chi connectivity index (χ0v) is 17.2. The number of carbonyl (C=O) groups is 3. The third-order valence-electron chi connectivity index (χ3n) is 6.01. The van der Waals surface area contributed by atoms with E-state index in [2.05, 4.69) is 10.3 Å². The highest BCUT2D eigenvalue weighted by molar-refractivity contribution is 6.43. The predicted molar refractivity (Wildman–Crippen MR) is 111 cm³/mol. The number of hydrogen-bond acceptors (Lipinski definition) is 6. The Balaban J connectivity index is 1.41. The number of piperazine rings is 1. The van der Waals surface area contributed by atoms with Crippen molar-refractivity contribution in [2.45, 2.75) is 31.9 Å². The Labute approximate surface area is 175 Å². The van der Waals surface area contributed by atoms with Crippen LogP contribution in [0.4, 0.5) is 0 Å². The number of allylic oxidation sites excluding steroid dienone is 3. The number of fused-ring (bicyclic) bond motifs is 1. The number of ether oxygens (including phenoxy) is 1. The van der Waals surface area contributed by atoms with Gasteiger partial charge in [0.15, 0.2) is 0 Å². The number of Topliss-reactive ketones (excluding diaryl/α,β-unsaturated/α-hetero) is 1. The first kappa shape index (κ1) is 20.3. The third kappa shape index (κ3) is 3.63. The highest BCUT2D eigenvalue weighted by Gasteiger charge is 2.42. The lowest BCUT2D eigenvalue weighted by atomic mass is 9.88. The summed E-state index contributed by atoms with van der Waals surface area (Å²) >= 11 is 0. The fraction of sp³-hybridized carbons (Fsp3) is 0.455. The molecule has 2 amide bonds. The summed E-state index contributed by atoms with van der Waals surface area (Å²) in [4.78, 5) is 46.4. The summed E-state index contributed by atoms with van der Waals surface area (Å²) < 4.78 is 5.45. The maximum absolute atomic E-state index is 13.0. The summed E-state index contributed by atoms with van der Waals surface area (Å²) in [6.45, 7) is 3.03. The first-order valence-electron chi connectivity index (χ1n) is 10.2. The van der Waals surface area contributed by atoms with E-state index in [-0.39, 0.29) is 18.1 Å². The second kappa shape index (κ2) is 8.39. The first-order chi connectivity index (χ1) is 14.5. The maximum atomic E-state index is 13.0.